The zero-order chi connectivity index (χ0) is 12.7. The number of carboxylic acids is 1. The average Bonchev–Trinajstić information content (AvgIpc) is 2.71. The van der Waals surface area contributed by atoms with Gasteiger partial charge in [0.2, 0.25) is 11.8 Å². The molecular weight excluding hydrogens is 224 g/mol. The summed E-state index contributed by atoms with van der Waals surface area (Å²) in [5, 5.41) is 11.7. The van der Waals surface area contributed by atoms with Gasteiger partial charge in [-0.2, -0.15) is 0 Å². The van der Waals surface area contributed by atoms with E-state index in [4.69, 9.17) is 5.11 Å². The Kier molecular flexibility index (Phi) is 2.65. The van der Waals surface area contributed by atoms with E-state index in [1.165, 1.54) is 4.90 Å². The molecule has 1 fully saturated rings. The van der Waals surface area contributed by atoms with Crippen LogP contribution in [0.5, 0.6) is 0 Å². The van der Waals surface area contributed by atoms with E-state index in [9.17, 15) is 14.4 Å². The van der Waals surface area contributed by atoms with Crippen LogP contribution in [-0.2, 0) is 14.4 Å². The number of nitrogens with one attached hydrogen (secondary N) is 1. The van der Waals surface area contributed by atoms with E-state index in [0.717, 1.165) is 0 Å². The average molecular weight is 238 g/mol. The largest absolute Gasteiger partial charge is 0.480 e. The van der Waals surface area contributed by atoms with Crippen molar-refractivity contribution < 1.29 is 19.5 Å². The lowest BCUT2D eigenvalue weighted by atomic mass is 10.1. The maximum atomic E-state index is 11.9. The minimum absolute atomic E-state index is 0.228. The highest BCUT2D eigenvalue weighted by atomic mass is 16.4. The zero-order valence-corrected chi connectivity index (χ0v) is 9.64. The van der Waals surface area contributed by atoms with Gasteiger partial charge >= 0.3 is 5.97 Å². The lowest BCUT2D eigenvalue weighted by Gasteiger charge is -2.27. The number of carbonyl (C=O) groups excluding carboxylic acids is 2. The lowest BCUT2D eigenvalue weighted by Crippen LogP contribution is -2.50. The molecule has 0 bridgehead atoms. The Balaban J connectivity index is 2.27. The number of aliphatic carboxylic acids is 1. The fourth-order valence-electron chi connectivity index (χ4n) is 2.26. The highest BCUT2D eigenvalue weighted by molar-refractivity contribution is 5.97. The SMILES string of the molecule is CC1=CC(N2C(=O)[C@H](C)C[C@H]2C(=O)O)NC1=O. The van der Waals surface area contributed by atoms with E-state index in [2.05, 4.69) is 5.32 Å². The van der Waals surface area contributed by atoms with Crippen LogP contribution in [0.25, 0.3) is 0 Å². The first-order valence-corrected chi connectivity index (χ1v) is 5.46. The number of carbonyl (C=O) groups is 3. The maximum Gasteiger partial charge on any atom is 0.326 e. The Bertz CT molecular complexity index is 429. The van der Waals surface area contributed by atoms with Crippen molar-refractivity contribution in [3.63, 3.8) is 0 Å². The van der Waals surface area contributed by atoms with Gasteiger partial charge in [0.1, 0.15) is 12.2 Å². The van der Waals surface area contributed by atoms with Gasteiger partial charge in [-0.25, -0.2) is 4.79 Å². The highest BCUT2D eigenvalue weighted by Crippen LogP contribution is 2.28. The minimum atomic E-state index is -1.03. The van der Waals surface area contributed by atoms with Gasteiger partial charge in [-0.15, -0.1) is 0 Å². The number of hydrogen-bond donors (Lipinski definition) is 2. The number of carboxylic acid groups (broad SMARTS) is 1. The van der Waals surface area contributed by atoms with Crippen molar-refractivity contribution in [3.8, 4) is 0 Å². The summed E-state index contributed by atoms with van der Waals surface area (Å²) in [6.07, 6.45) is 1.25. The summed E-state index contributed by atoms with van der Waals surface area (Å²) in [7, 11) is 0. The number of amides is 2. The van der Waals surface area contributed by atoms with E-state index in [1.807, 2.05) is 0 Å². The Morgan fingerprint density at radius 1 is 1.53 bits per heavy atom. The van der Waals surface area contributed by atoms with Crippen molar-refractivity contribution in [3.05, 3.63) is 11.6 Å². The third-order valence-electron chi connectivity index (χ3n) is 3.22. The lowest BCUT2D eigenvalue weighted by molar-refractivity contribution is -0.148. The van der Waals surface area contributed by atoms with Crippen LogP contribution in [0.4, 0.5) is 0 Å². The van der Waals surface area contributed by atoms with Crippen molar-refractivity contribution in [2.24, 2.45) is 5.92 Å². The standard InChI is InChI=1S/C11H14N2O4/c1-5-4-8(12-9(5)14)13-7(11(16)17)3-6(2)10(13)15/h4,6-8H,3H2,1-2H3,(H,12,14)(H,16,17)/t6-,7+,8?/m1/s1. The fraction of sp³-hybridized carbons (Fsp3) is 0.545. The zero-order valence-electron chi connectivity index (χ0n) is 9.64. The molecule has 6 heteroatoms. The quantitative estimate of drug-likeness (QED) is 0.692. The first kappa shape index (κ1) is 11.6. The van der Waals surface area contributed by atoms with Crippen LogP contribution < -0.4 is 5.32 Å². The predicted octanol–water partition coefficient (Wildman–Crippen LogP) is -0.290. The molecule has 2 rings (SSSR count). The molecule has 2 amide bonds. The van der Waals surface area contributed by atoms with E-state index < -0.39 is 18.2 Å². The molecule has 3 atom stereocenters. The van der Waals surface area contributed by atoms with E-state index in [0.29, 0.717) is 5.57 Å². The summed E-state index contributed by atoms with van der Waals surface area (Å²) in [5.74, 6) is -1.84. The van der Waals surface area contributed by atoms with Crippen molar-refractivity contribution in [2.75, 3.05) is 0 Å². The van der Waals surface area contributed by atoms with Gasteiger partial charge in [0.15, 0.2) is 0 Å². The van der Waals surface area contributed by atoms with Crippen molar-refractivity contribution in [2.45, 2.75) is 32.5 Å². The first-order valence-electron chi connectivity index (χ1n) is 5.46. The second kappa shape index (κ2) is 3.87. The van der Waals surface area contributed by atoms with Crippen LogP contribution in [0.3, 0.4) is 0 Å². The van der Waals surface area contributed by atoms with E-state index >= 15 is 0 Å². The van der Waals surface area contributed by atoms with Gasteiger partial charge < -0.3 is 15.3 Å². The van der Waals surface area contributed by atoms with Gasteiger partial charge in [0.25, 0.3) is 0 Å². The molecule has 0 aromatic heterocycles. The molecule has 0 aliphatic carbocycles. The molecule has 1 saturated heterocycles. The van der Waals surface area contributed by atoms with Crippen LogP contribution in [0.2, 0.25) is 0 Å². The Morgan fingerprint density at radius 2 is 2.18 bits per heavy atom. The normalized spacial score (nSPS) is 32.7. The molecule has 0 aromatic carbocycles. The minimum Gasteiger partial charge on any atom is -0.480 e. The van der Waals surface area contributed by atoms with Crippen LogP contribution >= 0.6 is 0 Å². The molecule has 2 aliphatic rings. The monoisotopic (exact) mass is 238 g/mol. The maximum absolute atomic E-state index is 11.9. The molecule has 2 N–H and O–H groups in total. The van der Waals surface area contributed by atoms with E-state index in [-0.39, 0.29) is 24.2 Å². The number of hydrogen-bond acceptors (Lipinski definition) is 3. The summed E-state index contributed by atoms with van der Waals surface area (Å²) in [5.41, 5.74) is 0.506. The Labute approximate surface area is 98.3 Å². The van der Waals surface area contributed by atoms with Crippen LogP contribution in [0.15, 0.2) is 11.6 Å². The molecule has 0 saturated carbocycles. The fourth-order valence-corrected chi connectivity index (χ4v) is 2.26. The smallest absolute Gasteiger partial charge is 0.326 e. The van der Waals surface area contributed by atoms with Crippen LogP contribution in [0, 0.1) is 5.92 Å². The first-order chi connectivity index (χ1) is 7.91. The van der Waals surface area contributed by atoms with Gasteiger partial charge in [0.05, 0.1) is 0 Å². The molecule has 2 heterocycles. The Morgan fingerprint density at radius 3 is 2.65 bits per heavy atom. The second-order valence-electron chi connectivity index (χ2n) is 4.50. The molecule has 2 aliphatic heterocycles. The molecule has 0 aromatic rings. The van der Waals surface area contributed by atoms with Gasteiger partial charge in [-0.1, -0.05) is 6.92 Å². The van der Waals surface area contributed by atoms with Gasteiger partial charge in [-0.3, -0.25) is 9.59 Å². The van der Waals surface area contributed by atoms with Crippen molar-refractivity contribution in [1.82, 2.24) is 10.2 Å². The molecule has 6 nitrogen and oxygen atoms in total. The number of nitrogens with zero attached hydrogens (tertiary/aromatic N) is 1. The second-order valence-corrected chi connectivity index (χ2v) is 4.50. The molecule has 92 valence electrons. The molecule has 0 spiro atoms. The summed E-state index contributed by atoms with van der Waals surface area (Å²) >= 11 is 0. The van der Waals surface area contributed by atoms with Gasteiger partial charge in [0, 0.05) is 11.5 Å². The third kappa shape index (κ3) is 1.79. The predicted molar refractivity (Wildman–Crippen MR) is 57.7 cm³/mol. The van der Waals surface area contributed by atoms with E-state index in [1.54, 1.807) is 19.9 Å². The van der Waals surface area contributed by atoms with Crippen molar-refractivity contribution >= 4 is 17.8 Å². The number of rotatable bonds is 2. The topological polar surface area (TPSA) is 86.7 Å². The van der Waals surface area contributed by atoms with Gasteiger partial charge in [-0.05, 0) is 19.4 Å². The Hall–Kier alpha value is -1.85. The summed E-state index contributed by atoms with van der Waals surface area (Å²) < 4.78 is 0. The van der Waals surface area contributed by atoms with Crippen molar-refractivity contribution in [1.29, 1.82) is 0 Å². The molecule has 17 heavy (non-hydrogen) atoms. The third-order valence-corrected chi connectivity index (χ3v) is 3.22. The highest BCUT2D eigenvalue weighted by Gasteiger charge is 2.45. The molecular formula is C11H14N2O4. The van der Waals surface area contributed by atoms with Crippen LogP contribution in [-0.4, -0.2) is 40.0 Å². The number of likely N-dealkylation sites (tertiary alicyclic amines) is 1. The van der Waals surface area contributed by atoms with Crippen LogP contribution in [0.1, 0.15) is 20.3 Å². The summed E-state index contributed by atoms with van der Waals surface area (Å²) in [6.45, 7) is 3.33. The summed E-state index contributed by atoms with van der Waals surface area (Å²) in [4.78, 5) is 35.6. The molecule has 0 radical (unpaired) electrons. The molecule has 1 unspecified atom stereocenters. The summed E-state index contributed by atoms with van der Waals surface area (Å²) in [6, 6.07) is -0.857.